The van der Waals surface area contributed by atoms with Gasteiger partial charge in [0, 0.05) is 11.9 Å². The van der Waals surface area contributed by atoms with E-state index < -0.39 is 47.0 Å². The normalized spacial score (nSPS) is 13.2. The molecule has 0 radical (unpaired) electrons. The van der Waals surface area contributed by atoms with E-state index in [4.69, 9.17) is 11.6 Å². The van der Waals surface area contributed by atoms with Gasteiger partial charge in [0.1, 0.15) is 0 Å². The molecule has 14 heteroatoms. The van der Waals surface area contributed by atoms with Crippen molar-refractivity contribution in [3.05, 3.63) is 51.5 Å². The van der Waals surface area contributed by atoms with Crippen molar-refractivity contribution in [2.75, 3.05) is 12.4 Å². The minimum Gasteiger partial charge on any atom is -0.493 e. The number of aromatic nitrogens is 5. The molecule has 1 aromatic carbocycles. The zero-order valence-corrected chi connectivity index (χ0v) is 17.4. The van der Waals surface area contributed by atoms with E-state index in [1.807, 2.05) is 0 Å². The van der Waals surface area contributed by atoms with E-state index >= 15 is 0 Å². The van der Waals surface area contributed by atoms with Gasteiger partial charge in [0.2, 0.25) is 5.88 Å². The predicted octanol–water partition coefficient (Wildman–Crippen LogP) is 2.85. The van der Waals surface area contributed by atoms with Crippen molar-refractivity contribution in [3.8, 4) is 11.9 Å². The van der Waals surface area contributed by atoms with Gasteiger partial charge in [-0.05, 0) is 18.2 Å². The number of fused-ring (bicyclic) bond motifs is 2. The van der Waals surface area contributed by atoms with Crippen molar-refractivity contribution in [2.24, 2.45) is 0 Å². The summed E-state index contributed by atoms with van der Waals surface area (Å²) in [5, 5.41) is 32.5. The Kier molecular flexibility index (Phi) is 5.65. The van der Waals surface area contributed by atoms with Crippen molar-refractivity contribution in [1.82, 2.24) is 24.1 Å². The summed E-state index contributed by atoms with van der Waals surface area (Å²) in [4.78, 5) is 19.4. The van der Waals surface area contributed by atoms with Crippen molar-refractivity contribution in [1.29, 1.82) is 0 Å². The molecule has 168 valence electrons. The molecular formula is C18H13ClF3N5O4S. The Bertz CT molecular complexity index is 1390. The number of aliphatic hydroxyl groups is 1. The molecule has 1 unspecified atom stereocenters. The quantitative estimate of drug-likeness (QED) is 0.367. The molecular weight excluding hydrogens is 475 g/mol. The topological polar surface area (TPSA) is 126 Å². The summed E-state index contributed by atoms with van der Waals surface area (Å²) in [6.45, 7) is -0.545. The Labute approximate surface area is 185 Å². The molecule has 0 amide bonds. The van der Waals surface area contributed by atoms with E-state index in [0.29, 0.717) is 11.7 Å². The Morgan fingerprint density at radius 3 is 2.62 bits per heavy atom. The third-order valence-corrected chi connectivity index (χ3v) is 6.33. The number of pyridine rings is 1. The van der Waals surface area contributed by atoms with Crippen LogP contribution >= 0.6 is 23.4 Å². The molecule has 0 bridgehead atoms. The number of aliphatic hydroxyl groups excluding tert-OH is 1. The third kappa shape index (κ3) is 3.82. The van der Waals surface area contributed by atoms with Gasteiger partial charge in [0.25, 0.3) is 0 Å². The van der Waals surface area contributed by atoms with E-state index in [1.54, 1.807) is 18.2 Å². The van der Waals surface area contributed by atoms with Crippen LogP contribution in [0.3, 0.4) is 0 Å². The first-order chi connectivity index (χ1) is 15.1. The van der Waals surface area contributed by atoms with Gasteiger partial charge in [-0.2, -0.15) is 23.1 Å². The van der Waals surface area contributed by atoms with Crippen LogP contribution in [0.5, 0.6) is 11.9 Å². The number of hydrogen-bond acceptors (Lipinski definition) is 8. The summed E-state index contributed by atoms with van der Waals surface area (Å²) in [5.41, 5.74) is -1.66. The minimum atomic E-state index is -4.85. The van der Waals surface area contributed by atoms with Crippen molar-refractivity contribution >= 4 is 39.9 Å². The lowest BCUT2D eigenvalue weighted by atomic mass is 10.1. The van der Waals surface area contributed by atoms with Gasteiger partial charge in [-0.1, -0.05) is 17.7 Å². The molecule has 0 saturated heterocycles. The van der Waals surface area contributed by atoms with Crippen LogP contribution in [0.15, 0.2) is 40.2 Å². The fourth-order valence-electron chi connectivity index (χ4n) is 3.08. The van der Waals surface area contributed by atoms with Crippen LogP contribution in [0.2, 0.25) is 5.02 Å². The zero-order valence-electron chi connectivity index (χ0n) is 15.8. The van der Waals surface area contributed by atoms with Gasteiger partial charge < -0.3 is 15.3 Å². The number of alkyl halides is 3. The summed E-state index contributed by atoms with van der Waals surface area (Å²) in [6, 6.07) is 3.68. The number of benzene rings is 1. The molecule has 0 spiro atoms. The fraction of sp³-hybridized carbons (Fsp3) is 0.222. The van der Waals surface area contributed by atoms with Crippen molar-refractivity contribution in [2.45, 2.75) is 17.1 Å². The predicted molar refractivity (Wildman–Crippen MR) is 109 cm³/mol. The van der Waals surface area contributed by atoms with Gasteiger partial charge in [-0.15, -0.1) is 16.9 Å². The second kappa shape index (κ2) is 8.15. The lowest BCUT2D eigenvalue weighted by Crippen LogP contribution is -2.29. The standard InChI is InChI=1S/C18H13ClF3N5O4S/c19-12-10(18(20,21)22)5-9-13(23-16(30)24-15(9)29)14(12)32-7-8(6-28)27-17(31)26-4-2-1-3-11(26)25-27/h1-5,8,28H,6-7H2,(H2,23,24,29,30). The average molecular weight is 488 g/mol. The number of thioether (sulfide) groups is 1. The second-order valence-electron chi connectivity index (χ2n) is 6.61. The first-order valence-electron chi connectivity index (χ1n) is 8.90. The molecule has 3 aromatic heterocycles. The summed E-state index contributed by atoms with van der Waals surface area (Å²) < 4.78 is 42.8. The smallest absolute Gasteiger partial charge is 0.417 e. The maximum absolute atomic E-state index is 13.5. The molecule has 3 heterocycles. The van der Waals surface area contributed by atoms with Crippen LogP contribution in [0.25, 0.3) is 16.6 Å². The molecule has 0 saturated carbocycles. The maximum atomic E-state index is 13.5. The van der Waals surface area contributed by atoms with Gasteiger partial charge in [0.05, 0.1) is 39.0 Å². The average Bonchev–Trinajstić information content (AvgIpc) is 3.05. The van der Waals surface area contributed by atoms with Crippen LogP contribution in [0.1, 0.15) is 11.6 Å². The molecule has 0 aliphatic carbocycles. The van der Waals surface area contributed by atoms with E-state index in [0.717, 1.165) is 16.4 Å². The molecule has 0 aliphatic heterocycles. The number of halogens is 4. The molecule has 9 nitrogen and oxygen atoms in total. The lowest BCUT2D eigenvalue weighted by molar-refractivity contribution is -0.137. The van der Waals surface area contributed by atoms with E-state index in [-0.39, 0.29) is 21.6 Å². The molecule has 1 atom stereocenters. The summed E-state index contributed by atoms with van der Waals surface area (Å²) >= 11 is 6.79. The highest BCUT2D eigenvalue weighted by Crippen LogP contribution is 2.45. The fourth-order valence-corrected chi connectivity index (χ4v) is 4.63. The Hall–Kier alpha value is -3.03. The second-order valence-corrected chi connectivity index (χ2v) is 8.02. The van der Waals surface area contributed by atoms with E-state index in [9.17, 15) is 33.3 Å². The van der Waals surface area contributed by atoms with Crippen LogP contribution in [-0.4, -0.2) is 51.8 Å². The lowest BCUT2D eigenvalue weighted by Gasteiger charge is -2.17. The largest absolute Gasteiger partial charge is 0.493 e. The first-order valence-corrected chi connectivity index (χ1v) is 10.3. The highest BCUT2D eigenvalue weighted by Gasteiger charge is 2.36. The van der Waals surface area contributed by atoms with Crippen LogP contribution < -0.4 is 5.69 Å². The first kappa shape index (κ1) is 22.2. The van der Waals surface area contributed by atoms with E-state index in [1.165, 1.54) is 10.6 Å². The third-order valence-electron chi connectivity index (χ3n) is 4.59. The SMILES string of the molecule is O=c1n(C(CO)CSc2c(Cl)c(C(F)(F)F)cc3c(O)nc(O)nc23)nc2ccccn12. The van der Waals surface area contributed by atoms with Crippen LogP contribution in [0.4, 0.5) is 13.2 Å². The van der Waals surface area contributed by atoms with Crippen LogP contribution in [-0.2, 0) is 6.18 Å². The zero-order chi connectivity index (χ0) is 23.2. The monoisotopic (exact) mass is 487 g/mol. The van der Waals surface area contributed by atoms with Gasteiger partial charge in [-0.25, -0.2) is 9.48 Å². The summed E-state index contributed by atoms with van der Waals surface area (Å²) in [6.07, 6.45) is -3.36. The maximum Gasteiger partial charge on any atom is 0.417 e. The highest BCUT2D eigenvalue weighted by atomic mass is 35.5. The minimum absolute atomic E-state index is 0.123. The highest BCUT2D eigenvalue weighted by molar-refractivity contribution is 7.99. The Morgan fingerprint density at radius 1 is 1.22 bits per heavy atom. The molecule has 3 N–H and O–H groups in total. The molecule has 4 rings (SSSR count). The number of rotatable bonds is 5. The van der Waals surface area contributed by atoms with Gasteiger partial charge >= 0.3 is 17.9 Å². The summed E-state index contributed by atoms with van der Waals surface area (Å²) in [5.74, 6) is -0.978. The molecule has 0 fully saturated rings. The Morgan fingerprint density at radius 2 is 1.97 bits per heavy atom. The Balaban J connectivity index is 1.79. The number of hydrogen-bond donors (Lipinski definition) is 3. The number of nitrogens with zero attached hydrogens (tertiary/aromatic N) is 5. The van der Waals surface area contributed by atoms with Gasteiger partial charge in [-0.3, -0.25) is 4.40 Å². The molecule has 32 heavy (non-hydrogen) atoms. The van der Waals surface area contributed by atoms with Crippen LogP contribution in [0, 0.1) is 0 Å². The molecule has 4 aromatic rings. The van der Waals surface area contributed by atoms with E-state index in [2.05, 4.69) is 15.1 Å². The molecule has 0 aliphatic rings. The van der Waals surface area contributed by atoms with Gasteiger partial charge in [0.15, 0.2) is 5.65 Å². The number of aromatic hydroxyl groups is 2. The summed E-state index contributed by atoms with van der Waals surface area (Å²) in [7, 11) is 0. The van der Waals surface area contributed by atoms with Crippen molar-refractivity contribution in [3.63, 3.8) is 0 Å². The van der Waals surface area contributed by atoms with Crippen molar-refractivity contribution < 1.29 is 28.5 Å².